The molecule has 4 rings (SSSR count). The molecule has 1 aromatic heterocycles. The Hall–Kier alpha value is -3.73. The van der Waals surface area contributed by atoms with Crippen LogP contribution in [0.1, 0.15) is 31.0 Å². The second kappa shape index (κ2) is 9.60. The fourth-order valence-electron chi connectivity index (χ4n) is 3.65. The van der Waals surface area contributed by atoms with Gasteiger partial charge >= 0.3 is 5.97 Å². The lowest BCUT2D eigenvalue weighted by Crippen LogP contribution is -2.21. The number of pyridine rings is 1. The van der Waals surface area contributed by atoms with Crippen molar-refractivity contribution in [3.8, 4) is 11.6 Å². The van der Waals surface area contributed by atoms with Crippen LogP contribution in [-0.4, -0.2) is 11.0 Å². The van der Waals surface area contributed by atoms with Crippen LogP contribution in [-0.2, 0) is 16.1 Å². The number of benzene rings is 3. The molecule has 0 bridgehead atoms. The van der Waals surface area contributed by atoms with Gasteiger partial charge in [-0.15, -0.1) is 0 Å². The van der Waals surface area contributed by atoms with Gasteiger partial charge in [0.1, 0.15) is 18.2 Å². The van der Waals surface area contributed by atoms with Gasteiger partial charge in [-0.1, -0.05) is 62.4 Å². The summed E-state index contributed by atoms with van der Waals surface area (Å²) in [4.78, 5) is 17.4. The van der Waals surface area contributed by atoms with E-state index in [1.165, 1.54) is 24.3 Å². The third kappa shape index (κ3) is 5.11. The van der Waals surface area contributed by atoms with E-state index in [0.717, 1.165) is 16.3 Å². The average molecular weight is 429 g/mol. The maximum Gasteiger partial charge on any atom is 0.314 e. The van der Waals surface area contributed by atoms with E-state index in [4.69, 9.17) is 9.47 Å². The smallest absolute Gasteiger partial charge is 0.314 e. The highest BCUT2D eigenvalue weighted by molar-refractivity contribution is 5.86. The van der Waals surface area contributed by atoms with E-state index in [-0.39, 0.29) is 30.2 Å². The van der Waals surface area contributed by atoms with Gasteiger partial charge in [0.25, 0.3) is 0 Å². The molecule has 0 N–H and O–H groups in total. The van der Waals surface area contributed by atoms with Crippen LogP contribution in [0, 0.1) is 11.7 Å². The lowest BCUT2D eigenvalue weighted by molar-refractivity contribution is -0.148. The molecule has 0 fully saturated rings. The molecule has 0 saturated carbocycles. The highest BCUT2D eigenvalue weighted by Crippen LogP contribution is 2.29. The first-order chi connectivity index (χ1) is 15.5. The summed E-state index contributed by atoms with van der Waals surface area (Å²) in [5.74, 6) is -0.105. The molecular weight excluding hydrogens is 405 g/mol. The summed E-state index contributed by atoms with van der Waals surface area (Å²) in [5.41, 5.74) is 1.50. The van der Waals surface area contributed by atoms with Crippen molar-refractivity contribution >= 4 is 16.7 Å². The predicted octanol–water partition coefficient (Wildman–Crippen LogP) is 6.65. The van der Waals surface area contributed by atoms with Crippen LogP contribution in [0.15, 0.2) is 84.9 Å². The van der Waals surface area contributed by atoms with E-state index >= 15 is 0 Å². The highest BCUT2D eigenvalue weighted by Gasteiger charge is 2.26. The molecule has 4 nitrogen and oxygen atoms in total. The number of halogens is 1. The summed E-state index contributed by atoms with van der Waals surface area (Å²) in [7, 11) is 0. The number of carbonyl (C=O) groups is 1. The standard InChI is InChI=1S/C27H24FNO3/c1-18(2)26(21-11-10-19-6-3-4-7-20(19)16-21)27(30)31-17-23-8-5-9-25(29-23)32-24-14-12-22(28)13-15-24/h3-16,18,26H,17H2,1-2H3. The van der Waals surface area contributed by atoms with E-state index in [1.54, 1.807) is 18.2 Å². The number of rotatable bonds is 7. The third-order valence-corrected chi connectivity index (χ3v) is 5.23. The predicted molar refractivity (Wildman–Crippen MR) is 122 cm³/mol. The van der Waals surface area contributed by atoms with Gasteiger partial charge in [0.15, 0.2) is 0 Å². The maximum atomic E-state index is 13.1. The molecule has 5 heteroatoms. The quantitative estimate of drug-likeness (QED) is 0.309. The number of esters is 1. The summed E-state index contributed by atoms with van der Waals surface area (Å²) in [6, 6.07) is 25.1. The Morgan fingerprint density at radius 1 is 0.906 bits per heavy atom. The van der Waals surface area contributed by atoms with E-state index in [1.807, 2.05) is 44.2 Å². The normalized spacial score (nSPS) is 12.0. The molecule has 1 unspecified atom stereocenters. The Labute approximate surface area is 186 Å². The summed E-state index contributed by atoms with van der Waals surface area (Å²) < 4.78 is 24.4. The van der Waals surface area contributed by atoms with Crippen molar-refractivity contribution in [2.75, 3.05) is 0 Å². The first-order valence-corrected chi connectivity index (χ1v) is 10.5. The Bertz CT molecular complexity index is 1220. The molecule has 32 heavy (non-hydrogen) atoms. The average Bonchev–Trinajstić information content (AvgIpc) is 2.79. The SMILES string of the molecule is CC(C)C(C(=O)OCc1cccc(Oc2ccc(F)cc2)n1)c1ccc2ccccc2c1. The molecule has 0 radical (unpaired) electrons. The second-order valence-corrected chi connectivity index (χ2v) is 7.96. The molecule has 0 amide bonds. The van der Waals surface area contributed by atoms with Crippen LogP contribution in [0.5, 0.6) is 11.6 Å². The summed E-state index contributed by atoms with van der Waals surface area (Å²) >= 11 is 0. The number of aromatic nitrogens is 1. The summed E-state index contributed by atoms with van der Waals surface area (Å²) in [5, 5.41) is 2.23. The summed E-state index contributed by atoms with van der Waals surface area (Å²) in [6.07, 6.45) is 0. The van der Waals surface area contributed by atoms with Crippen LogP contribution in [0.3, 0.4) is 0 Å². The number of nitrogens with zero attached hydrogens (tertiary/aromatic N) is 1. The van der Waals surface area contributed by atoms with E-state index in [2.05, 4.69) is 17.1 Å². The Morgan fingerprint density at radius 3 is 2.41 bits per heavy atom. The molecule has 0 saturated heterocycles. The van der Waals surface area contributed by atoms with Crippen molar-refractivity contribution in [2.45, 2.75) is 26.4 Å². The van der Waals surface area contributed by atoms with Gasteiger partial charge in [-0.3, -0.25) is 4.79 Å². The highest BCUT2D eigenvalue weighted by atomic mass is 19.1. The minimum Gasteiger partial charge on any atom is -0.459 e. The molecule has 162 valence electrons. The largest absolute Gasteiger partial charge is 0.459 e. The minimum atomic E-state index is -0.377. The molecule has 0 spiro atoms. The molecule has 4 aromatic rings. The molecule has 1 heterocycles. The van der Waals surface area contributed by atoms with Crippen molar-refractivity contribution in [2.24, 2.45) is 5.92 Å². The topological polar surface area (TPSA) is 48.4 Å². The zero-order valence-corrected chi connectivity index (χ0v) is 18.0. The Kier molecular flexibility index (Phi) is 6.45. The third-order valence-electron chi connectivity index (χ3n) is 5.23. The fraction of sp³-hybridized carbons (Fsp3) is 0.185. The fourth-order valence-corrected chi connectivity index (χ4v) is 3.65. The number of hydrogen-bond donors (Lipinski definition) is 0. The molecule has 0 aliphatic carbocycles. The first kappa shape index (κ1) is 21.5. The van der Waals surface area contributed by atoms with Crippen LogP contribution < -0.4 is 4.74 Å². The zero-order chi connectivity index (χ0) is 22.5. The number of fused-ring (bicyclic) bond motifs is 1. The first-order valence-electron chi connectivity index (χ1n) is 10.5. The van der Waals surface area contributed by atoms with Gasteiger partial charge in [0, 0.05) is 6.07 Å². The molecule has 0 aliphatic heterocycles. The lowest BCUT2D eigenvalue weighted by atomic mass is 9.87. The van der Waals surface area contributed by atoms with Crippen LogP contribution in [0.25, 0.3) is 10.8 Å². The minimum absolute atomic E-state index is 0.0379. The van der Waals surface area contributed by atoms with E-state index in [9.17, 15) is 9.18 Å². The van der Waals surface area contributed by atoms with Crippen LogP contribution in [0.4, 0.5) is 4.39 Å². The summed E-state index contributed by atoms with van der Waals surface area (Å²) in [6.45, 7) is 4.06. The number of ether oxygens (including phenoxy) is 2. The second-order valence-electron chi connectivity index (χ2n) is 7.96. The Balaban J connectivity index is 1.45. The van der Waals surface area contributed by atoms with Gasteiger partial charge in [0.05, 0.1) is 11.6 Å². The van der Waals surface area contributed by atoms with Crippen molar-refractivity contribution in [3.05, 3.63) is 102 Å². The van der Waals surface area contributed by atoms with E-state index < -0.39 is 0 Å². The van der Waals surface area contributed by atoms with Crippen molar-refractivity contribution < 1.29 is 18.7 Å². The number of hydrogen-bond acceptors (Lipinski definition) is 4. The van der Waals surface area contributed by atoms with Crippen LogP contribution in [0.2, 0.25) is 0 Å². The number of carbonyl (C=O) groups excluding carboxylic acids is 1. The van der Waals surface area contributed by atoms with Gasteiger partial charge in [-0.25, -0.2) is 9.37 Å². The van der Waals surface area contributed by atoms with Crippen LogP contribution >= 0.6 is 0 Å². The molecule has 0 aliphatic rings. The van der Waals surface area contributed by atoms with Gasteiger partial charge in [-0.2, -0.15) is 0 Å². The lowest BCUT2D eigenvalue weighted by Gasteiger charge is -2.20. The van der Waals surface area contributed by atoms with E-state index in [0.29, 0.717) is 17.3 Å². The zero-order valence-electron chi connectivity index (χ0n) is 18.0. The van der Waals surface area contributed by atoms with Crippen molar-refractivity contribution in [3.63, 3.8) is 0 Å². The van der Waals surface area contributed by atoms with Gasteiger partial charge in [-0.05, 0) is 52.6 Å². The molecule has 3 aromatic carbocycles. The molecule has 1 atom stereocenters. The monoisotopic (exact) mass is 429 g/mol. The van der Waals surface area contributed by atoms with Gasteiger partial charge < -0.3 is 9.47 Å². The van der Waals surface area contributed by atoms with Gasteiger partial charge in [0.2, 0.25) is 5.88 Å². The Morgan fingerprint density at radius 2 is 1.66 bits per heavy atom. The maximum absolute atomic E-state index is 13.1. The molecular formula is C27H24FNO3. The van der Waals surface area contributed by atoms with Crippen molar-refractivity contribution in [1.82, 2.24) is 4.98 Å². The van der Waals surface area contributed by atoms with Crippen molar-refractivity contribution in [1.29, 1.82) is 0 Å².